The average molecular weight is 299 g/mol. The van der Waals surface area contributed by atoms with Gasteiger partial charge in [-0.15, -0.1) is 11.3 Å². The van der Waals surface area contributed by atoms with Gasteiger partial charge in [-0.25, -0.2) is 4.98 Å². The molecular weight excluding hydrogens is 285 g/mol. The van der Waals surface area contributed by atoms with Crippen LogP contribution in [0.1, 0.15) is 26.8 Å². The van der Waals surface area contributed by atoms with Gasteiger partial charge >= 0.3 is 6.18 Å². The molecule has 0 bridgehead atoms. The summed E-state index contributed by atoms with van der Waals surface area (Å²) in [5, 5.41) is 1.03. The standard InChI is InChI=1S/C14H14F3N2S/c1-9-10(2)20-13(19-9)5-3-4-11-6-7-12(18-8-11)14(15,16)17/h3,6-8H,4-5H2,1-2H3. The SMILES string of the molecule is Cc1nc(C[CH]Cc2ccc(C(F)(F)F)nc2)sc1C. The molecule has 2 aromatic heterocycles. The first kappa shape index (κ1) is 15.0. The van der Waals surface area contributed by atoms with E-state index in [4.69, 9.17) is 0 Å². The molecule has 1 radical (unpaired) electrons. The maximum atomic E-state index is 12.4. The topological polar surface area (TPSA) is 25.8 Å². The van der Waals surface area contributed by atoms with E-state index in [1.807, 2.05) is 20.3 Å². The molecule has 2 heterocycles. The number of halogens is 3. The van der Waals surface area contributed by atoms with Crippen molar-refractivity contribution in [3.8, 4) is 0 Å². The van der Waals surface area contributed by atoms with Crippen molar-refractivity contribution in [1.82, 2.24) is 9.97 Å². The van der Waals surface area contributed by atoms with Crippen LogP contribution < -0.4 is 0 Å². The largest absolute Gasteiger partial charge is 0.433 e. The Bertz CT molecular complexity index is 554. The Balaban J connectivity index is 1.88. The van der Waals surface area contributed by atoms with Crippen LogP contribution in [0.4, 0.5) is 13.2 Å². The smallest absolute Gasteiger partial charge is 0.252 e. The summed E-state index contributed by atoms with van der Waals surface area (Å²) < 4.78 is 37.1. The fourth-order valence-corrected chi connectivity index (χ4v) is 2.63. The average Bonchev–Trinajstić information content (AvgIpc) is 2.68. The lowest BCUT2D eigenvalue weighted by Gasteiger charge is -2.06. The van der Waals surface area contributed by atoms with Crippen molar-refractivity contribution in [2.75, 3.05) is 0 Å². The first-order valence-corrected chi connectivity index (χ1v) is 6.94. The van der Waals surface area contributed by atoms with Gasteiger partial charge in [-0.1, -0.05) is 6.07 Å². The molecule has 0 amide bonds. The lowest BCUT2D eigenvalue weighted by Crippen LogP contribution is -2.07. The quantitative estimate of drug-likeness (QED) is 0.847. The number of hydrogen-bond acceptors (Lipinski definition) is 3. The highest BCUT2D eigenvalue weighted by Crippen LogP contribution is 2.27. The van der Waals surface area contributed by atoms with Gasteiger partial charge < -0.3 is 0 Å². The first-order chi connectivity index (χ1) is 9.36. The molecule has 2 aromatic rings. The van der Waals surface area contributed by atoms with Crippen LogP contribution >= 0.6 is 11.3 Å². The maximum absolute atomic E-state index is 12.4. The van der Waals surface area contributed by atoms with Crippen LogP contribution in [-0.2, 0) is 19.0 Å². The third-order valence-electron chi connectivity index (χ3n) is 2.89. The molecular formula is C14H14F3N2S. The van der Waals surface area contributed by atoms with E-state index in [0.29, 0.717) is 6.42 Å². The second-order valence-electron chi connectivity index (χ2n) is 4.50. The molecule has 0 aliphatic rings. The van der Waals surface area contributed by atoms with Gasteiger partial charge in [-0.05, 0) is 38.3 Å². The van der Waals surface area contributed by atoms with Gasteiger partial charge in [0, 0.05) is 17.5 Å². The van der Waals surface area contributed by atoms with Gasteiger partial charge in [0.25, 0.3) is 0 Å². The first-order valence-electron chi connectivity index (χ1n) is 6.13. The Hall–Kier alpha value is -1.43. The van der Waals surface area contributed by atoms with Crippen LogP contribution in [-0.4, -0.2) is 9.97 Å². The van der Waals surface area contributed by atoms with Crippen LogP contribution in [0, 0.1) is 20.3 Å². The normalized spacial score (nSPS) is 11.8. The fraction of sp³-hybridized carbons (Fsp3) is 0.357. The van der Waals surface area contributed by atoms with E-state index in [1.165, 1.54) is 17.1 Å². The molecule has 107 valence electrons. The Morgan fingerprint density at radius 1 is 1.20 bits per heavy atom. The second kappa shape index (κ2) is 5.91. The minimum atomic E-state index is -4.38. The van der Waals surface area contributed by atoms with E-state index in [-0.39, 0.29) is 0 Å². The monoisotopic (exact) mass is 299 g/mol. The molecule has 2 nitrogen and oxygen atoms in total. The Labute approximate surface area is 119 Å². The molecule has 0 saturated carbocycles. The Morgan fingerprint density at radius 3 is 2.45 bits per heavy atom. The van der Waals surface area contributed by atoms with E-state index in [1.54, 1.807) is 11.3 Å². The zero-order chi connectivity index (χ0) is 14.8. The van der Waals surface area contributed by atoms with E-state index < -0.39 is 11.9 Å². The number of nitrogens with zero attached hydrogens (tertiary/aromatic N) is 2. The van der Waals surface area contributed by atoms with Crippen LogP contribution in [0.5, 0.6) is 0 Å². The van der Waals surface area contributed by atoms with Crippen molar-refractivity contribution >= 4 is 11.3 Å². The minimum Gasteiger partial charge on any atom is -0.252 e. The van der Waals surface area contributed by atoms with Crippen LogP contribution in [0.25, 0.3) is 0 Å². The zero-order valence-corrected chi connectivity index (χ0v) is 12.0. The third-order valence-corrected chi connectivity index (χ3v) is 3.98. The van der Waals surface area contributed by atoms with Crippen LogP contribution in [0.3, 0.4) is 0 Å². The highest BCUT2D eigenvalue weighted by atomic mass is 32.1. The molecule has 6 heteroatoms. The molecule has 0 saturated heterocycles. The van der Waals surface area contributed by atoms with Crippen molar-refractivity contribution in [2.45, 2.75) is 32.9 Å². The summed E-state index contributed by atoms with van der Waals surface area (Å²) in [5.74, 6) is 0. The van der Waals surface area contributed by atoms with E-state index in [0.717, 1.165) is 28.8 Å². The second-order valence-corrected chi connectivity index (χ2v) is 5.78. The van der Waals surface area contributed by atoms with Crippen molar-refractivity contribution in [1.29, 1.82) is 0 Å². The number of hydrogen-bond donors (Lipinski definition) is 0. The highest BCUT2D eigenvalue weighted by Gasteiger charge is 2.31. The summed E-state index contributed by atoms with van der Waals surface area (Å²) in [5.41, 5.74) is 0.949. The van der Waals surface area contributed by atoms with E-state index in [2.05, 4.69) is 9.97 Å². The van der Waals surface area contributed by atoms with E-state index >= 15 is 0 Å². The molecule has 0 atom stereocenters. The number of aryl methyl sites for hydroxylation is 2. The Kier molecular flexibility index (Phi) is 4.42. The minimum absolute atomic E-state index is 0.586. The molecule has 20 heavy (non-hydrogen) atoms. The molecule has 0 aliphatic carbocycles. The zero-order valence-electron chi connectivity index (χ0n) is 11.2. The number of rotatable bonds is 4. The molecule has 2 rings (SSSR count). The molecule has 0 N–H and O–H groups in total. The summed E-state index contributed by atoms with van der Waals surface area (Å²) in [4.78, 5) is 9.05. The summed E-state index contributed by atoms with van der Waals surface area (Å²) in [6, 6.07) is 2.48. The van der Waals surface area contributed by atoms with Gasteiger partial charge in [0.15, 0.2) is 0 Å². The fourth-order valence-electron chi connectivity index (χ4n) is 1.70. The summed E-state index contributed by atoms with van der Waals surface area (Å²) in [7, 11) is 0. The van der Waals surface area contributed by atoms with Gasteiger partial charge in [0.1, 0.15) is 5.69 Å². The summed E-state index contributed by atoms with van der Waals surface area (Å²) >= 11 is 1.65. The lowest BCUT2D eigenvalue weighted by molar-refractivity contribution is -0.141. The van der Waals surface area contributed by atoms with Crippen molar-refractivity contribution < 1.29 is 13.2 Å². The van der Waals surface area contributed by atoms with Crippen molar-refractivity contribution in [2.24, 2.45) is 0 Å². The van der Waals surface area contributed by atoms with Gasteiger partial charge in [0.2, 0.25) is 0 Å². The number of aromatic nitrogens is 2. The summed E-state index contributed by atoms with van der Waals surface area (Å²) in [6.07, 6.45) is 0.209. The lowest BCUT2D eigenvalue weighted by atomic mass is 10.1. The van der Waals surface area contributed by atoms with Gasteiger partial charge in [0.05, 0.1) is 10.7 Å². The predicted octanol–water partition coefficient (Wildman–Crippen LogP) is 4.16. The van der Waals surface area contributed by atoms with Crippen LogP contribution in [0.15, 0.2) is 18.3 Å². The number of pyridine rings is 1. The number of alkyl halides is 3. The number of thiazole rings is 1. The third kappa shape index (κ3) is 3.79. The van der Waals surface area contributed by atoms with Crippen molar-refractivity contribution in [3.63, 3.8) is 0 Å². The maximum Gasteiger partial charge on any atom is 0.433 e. The molecule has 0 spiro atoms. The molecule has 0 aliphatic heterocycles. The van der Waals surface area contributed by atoms with E-state index in [9.17, 15) is 13.2 Å². The Morgan fingerprint density at radius 2 is 1.95 bits per heavy atom. The predicted molar refractivity (Wildman–Crippen MR) is 72.5 cm³/mol. The van der Waals surface area contributed by atoms with Gasteiger partial charge in [-0.3, -0.25) is 4.98 Å². The van der Waals surface area contributed by atoms with Crippen LogP contribution in [0.2, 0.25) is 0 Å². The van der Waals surface area contributed by atoms with Gasteiger partial charge in [-0.2, -0.15) is 13.2 Å². The molecule has 0 unspecified atom stereocenters. The summed E-state index contributed by atoms with van der Waals surface area (Å²) in [6.45, 7) is 3.99. The highest BCUT2D eigenvalue weighted by molar-refractivity contribution is 7.11. The molecule has 0 aromatic carbocycles. The molecule has 0 fully saturated rings. The van der Waals surface area contributed by atoms with Crippen molar-refractivity contribution in [3.05, 3.63) is 51.6 Å².